The third-order valence-electron chi connectivity index (χ3n) is 2.43. The van der Waals surface area contributed by atoms with E-state index in [9.17, 15) is 9.59 Å². The standard InChI is InChI=1S/C10H10N2O3S/c1-3-12-5(2)11-8-7(9(12)13)6(4-16-8)10(14)15/h4H,3H2,1-2H3,(H,14,15). The number of aromatic carboxylic acids is 1. The zero-order chi connectivity index (χ0) is 11.9. The number of carboxylic acid groups (broad SMARTS) is 1. The summed E-state index contributed by atoms with van der Waals surface area (Å²) < 4.78 is 1.47. The van der Waals surface area contributed by atoms with Crippen molar-refractivity contribution in [3.63, 3.8) is 0 Å². The Balaban J connectivity index is 2.94. The molecule has 0 bridgehead atoms. The van der Waals surface area contributed by atoms with Gasteiger partial charge in [0.05, 0.1) is 10.9 Å². The van der Waals surface area contributed by atoms with Crippen LogP contribution in [0.15, 0.2) is 10.2 Å². The van der Waals surface area contributed by atoms with Gasteiger partial charge >= 0.3 is 5.97 Å². The average molecular weight is 238 g/mol. The molecule has 5 nitrogen and oxygen atoms in total. The van der Waals surface area contributed by atoms with Crippen LogP contribution in [-0.2, 0) is 6.54 Å². The molecule has 0 aliphatic rings. The van der Waals surface area contributed by atoms with Gasteiger partial charge in [-0.05, 0) is 13.8 Å². The van der Waals surface area contributed by atoms with E-state index in [0.717, 1.165) is 0 Å². The van der Waals surface area contributed by atoms with Crippen LogP contribution in [0, 0.1) is 6.92 Å². The number of hydrogen-bond donors (Lipinski definition) is 1. The van der Waals surface area contributed by atoms with E-state index in [4.69, 9.17) is 5.11 Å². The molecule has 0 aliphatic carbocycles. The van der Waals surface area contributed by atoms with Crippen LogP contribution in [0.3, 0.4) is 0 Å². The summed E-state index contributed by atoms with van der Waals surface area (Å²) in [5, 5.41) is 10.6. The predicted molar refractivity (Wildman–Crippen MR) is 61.3 cm³/mol. The number of hydrogen-bond acceptors (Lipinski definition) is 4. The topological polar surface area (TPSA) is 72.2 Å². The second kappa shape index (κ2) is 3.71. The summed E-state index contributed by atoms with van der Waals surface area (Å²) in [6.07, 6.45) is 0. The first-order valence-electron chi connectivity index (χ1n) is 4.78. The van der Waals surface area contributed by atoms with Gasteiger partial charge < -0.3 is 5.11 Å². The Morgan fingerprint density at radius 1 is 1.62 bits per heavy atom. The molecule has 0 aliphatic heterocycles. The Kier molecular flexibility index (Phi) is 2.51. The average Bonchev–Trinajstić information content (AvgIpc) is 2.62. The number of carboxylic acids is 1. The number of aromatic nitrogens is 2. The van der Waals surface area contributed by atoms with Gasteiger partial charge in [0, 0.05) is 11.9 Å². The van der Waals surface area contributed by atoms with Gasteiger partial charge in [-0.25, -0.2) is 9.78 Å². The first-order valence-corrected chi connectivity index (χ1v) is 5.66. The van der Waals surface area contributed by atoms with E-state index in [2.05, 4.69) is 4.98 Å². The van der Waals surface area contributed by atoms with Crippen LogP contribution < -0.4 is 5.56 Å². The molecule has 84 valence electrons. The Labute approximate surface area is 95.0 Å². The van der Waals surface area contributed by atoms with E-state index in [1.54, 1.807) is 6.92 Å². The highest BCUT2D eigenvalue weighted by atomic mass is 32.1. The lowest BCUT2D eigenvalue weighted by Gasteiger charge is -2.05. The van der Waals surface area contributed by atoms with Gasteiger partial charge in [0.2, 0.25) is 0 Å². The van der Waals surface area contributed by atoms with Crippen molar-refractivity contribution in [2.75, 3.05) is 0 Å². The highest BCUT2D eigenvalue weighted by Crippen LogP contribution is 2.21. The molecule has 0 fully saturated rings. The number of carbonyl (C=O) groups is 1. The highest BCUT2D eigenvalue weighted by molar-refractivity contribution is 7.17. The molecule has 16 heavy (non-hydrogen) atoms. The van der Waals surface area contributed by atoms with Gasteiger partial charge in [-0.15, -0.1) is 11.3 Å². The normalized spacial score (nSPS) is 10.9. The van der Waals surface area contributed by atoms with E-state index in [-0.39, 0.29) is 16.5 Å². The third kappa shape index (κ3) is 1.42. The zero-order valence-electron chi connectivity index (χ0n) is 8.85. The summed E-state index contributed by atoms with van der Waals surface area (Å²) in [7, 11) is 0. The molecule has 0 unspecified atom stereocenters. The smallest absolute Gasteiger partial charge is 0.337 e. The number of fused-ring (bicyclic) bond motifs is 1. The van der Waals surface area contributed by atoms with Crippen molar-refractivity contribution in [2.45, 2.75) is 20.4 Å². The van der Waals surface area contributed by atoms with E-state index in [0.29, 0.717) is 17.2 Å². The lowest BCUT2D eigenvalue weighted by molar-refractivity contribution is 0.0699. The molecule has 0 atom stereocenters. The van der Waals surface area contributed by atoms with Crippen molar-refractivity contribution < 1.29 is 9.90 Å². The fourth-order valence-electron chi connectivity index (χ4n) is 1.66. The van der Waals surface area contributed by atoms with Crippen molar-refractivity contribution >= 4 is 27.5 Å². The first kappa shape index (κ1) is 10.8. The van der Waals surface area contributed by atoms with Gasteiger partial charge in [0.15, 0.2) is 0 Å². The predicted octanol–water partition coefficient (Wildman–Crippen LogP) is 1.48. The molecule has 6 heteroatoms. The van der Waals surface area contributed by atoms with Crippen LogP contribution in [0.4, 0.5) is 0 Å². The molecular weight excluding hydrogens is 228 g/mol. The number of rotatable bonds is 2. The van der Waals surface area contributed by atoms with Gasteiger partial charge in [-0.1, -0.05) is 0 Å². The molecule has 2 aromatic rings. The summed E-state index contributed by atoms with van der Waals surface area (Å²) in [5.74, 6) is -0.476. The SMILES string of the molecule is CCn1c(C)nc2scc(C(=O)O)c2c1=O. The van der Waals surface area contributed by atoms with Crippen molar-refractivity contribution in [1.82, 2.24) is 9.55 Å². The van der Waals surface area contributed by atoms with Gasteiger partial charge in [-0.3, -0.25) is 9.36 Å². The van der Waals surface area contributed by atoms with Crippen molar-refractivity contribution in [1.29, 1.82) is 0 Å². The Hall–Kier alpha value is -1.69. The quantitative estimate of drug-likeness (QED) is 0.860. The fraction of sp³-hybridized carbons (Fsp3) is 0.300. The maximum absolute atomic E-state index is 12.0. The Bertz CT molecular complexity index is 627. The number of thiophene rings is 1. The Morgan fingerprint density at radius 3 is 2.88 bits per heavy atom. The van der Waals surface area contributed by atoms with E-state index in [1.807, 2.05) is 6.92 Å². The molecule has 0 amide bonds. The summed E-state index contributed by atoms with van der Waals surface area (Å²) in [4.78, 5) is 27.7. The van der Waals surface area contributed by atoms with E-state index >= 15 is 0 Å². The number of nitrogens with zero attached hydrogens (tertiary/aromatic N) is 2. The van der Waals surface area contributed by atoms with Crippen molar-refractivity contribution in [2.24, 2.45) is 0 Å². The molecule has 0 radical (unpaired) electrons. The molecule has 0 aromatic carbocycles. The first-order chi connectivity index (χ1) is 7.56. The molecule has 0 spiro atoms. The molecule has 2 heterocycles. The molecule has 1 N–H and O–H groups in total. The summed E-state index contributed by atoms with van der Waals surface area (Å²) in [5.41, 5.74) is -0.233. The van der Waals surface area contributed by atoms with Crippen LogP contribution >= 0.6 is 11.3 Å². The van der Waals surface area contributed by atoms with Crippen LogP contribution in [0.25, 0.3) is 10.2 Å². The molecule has 0 saturated carbocycles. The third-order valence-corrected chi connectivity index (χ3v) is 3.30. The second-order valence-electron chi connectivity index (χ2n) is 3.34. The van der Waals surface area contributed by atoms with Crippen LogP contribution in [0.5, 0.6) is 0 Å². The Morgan fingerprint density at radius 2 is 2.31 bits per heavy atom. The minimum absolute atomic E-state index is 0.0414. The van der Waals surface area contributed by atoms with Crippen LogP contribution in [-0.4, -0.2) is 20.6 Å². The summed E-state index contributed by atoms with van der Waals surface area (Å²) in [6.45, 7) is 4.06. The fourth-order valence-corrected chi connectivity index (χ4v) is 2.60. The minimum atomic E-state index is -1.09. The second-order valence-corrected chi connectivity index (χ2v) is 4.20. The maximum atomic E-state index is 12.0. The van der Waals surface area contributed by atoms with Gasteiger partial charge in [-0.2, -0.15) is 0 Å². The largest absolute Gasteiger partial charge is 0.478 e. The highest BCUT2D eigenvalue weighted by Gasteiger charge is 2.17. The van der Waals surface area contributed by atoms with Crippen molar-refractivity contribution in [3.05, 3.63) is 27.1 Å². The number of aryl methyl sites for hydroxylation is 1. The van der Waals surface area contributed by atoms with E-state index in [1.165, 1.54) is 21.3 Å². The monoisotopic (exact) mass is 238 g/mol. The maximum Gasteiger partial charge on any atom is 0.337 e. The van der Waals surface area contributed by atoms with Crippen molar-refractivity contribution in [3.8, 4) is 0 Å². The lowest BCUT2D eigenvalue weighted by Crippen LogP contribution is -2.23. The zero-order valence-corrected chi connectivity index (χ0v) is 9.67. The molecular formula is C10H10N2O3S. The molecule has 0 saturated heterocycles. The van der Waals surface area contributed by atoms with Gasteiger partial charge in [0.25, 0.3) is 5.56 Å². The van der Waals surface area contributed by atoms with Crippen LogP contribution in [0.2, 0.25) is 0 Å². The minimum Gasteiger partial charge on any atom is -0.478 e. The van der Waals surface area contributed by atoms with E-state index < -0.39 is 5.97 Å². The summed E-state index contributed by atoms with van der Waals surface area (Å²) in [6, 6.07) is 0. The van der Waals surface area contributed by atoms with Crippen LogP contribution in [0.1, 0.15) is 23.1 Å². The molecule has 2 aromatic heterocycles. The summed E-state index contributed by atoms with van der Waals surface area (Å²) >= 11 is 1.18. The lowest BCUT2D eigenvalue weighted by atomic mass is 10.2. The van der Waals surface area contributed by atoms with Gasteiger partial charge in [0.1, 0.15) is 10.7 Å². The molecule has 2 rings (SSSR count).